The average molecular weight is 272 g/mol. The molecule has 1 N–H and O–H groups in total. The van der Waals surface area contributed by atoms with E-state index in [0.717, 1.165) is 0 Å². The van der Waals surface area contributed by atoms with E-state index in [4.69, 9.17) is 0 Å². The van der Waals surface area contributed by atoms with E-state index in [0.29, 0.717) is 31.5 Å². The second kappa shape index (κ2) is 4.74. The van der Waals surface area contributed by atoms with Crippen LogP contribution in [0.1, 0.15) is 29.6 Å². The van der Waals surface area contributed by atoms with E-state index in [2.05, 4.69) is 5.32 Å². The van der Waals surface area contributed by atoms with Gasteiger partial charge >= 0.3 is 0 Å². The van der Waals surface area contributed by atoms with E-state index < -0.39 is 5.54 Å². The molecule has 2 aliphatic rings. The van der Waals surface area contributed by atoms with Crippen LogP contribution in [0.2, 0.25) is 0 Å². The van der Waals surface area contributed by atoms with E-state index in [1.165, 1.54) is 0 Å². The van der Waals surface area contributed by atoms with Crippen molar-refractivity contribution in [1.82, 2.24) is 10.2 Å². The monoisotopic (exact) mass is 272 g/mol. The highest BCUT2D eigenvalue weighted by molar-refractivity contribution is 6.10. The number of ketones is 1. The number of likely N-dealkylation sites (tertiary alicyclic amines) is 1. The lowest BCUT2D eigenvalue weighted by atomic mass is 9.85. The van der Waals surface area contributed by atoms with Crippen LogP contribution in [0.5, 0.6) is 0 Å². The molecule has 0 radical (unpaired) electrons. The van der Waals surface area contributed by atoms with Gasteiger partial charge in [-0.1, -0.05) is 18.2 Å². The van der Waals surface area contributed by atoms with Crippen molar-refractivity contribution in [2.24, 2.45) is 0 Å². The SMILES string of the molecule is O=C1CC(=O)C2(CCN(C(=O)c3ccccc3)CC2)N1. The molecule has 2 fully saturated rings. The second-order valence-electron chi connectivity index (χ2n) is 5.39. The number of carbonyl (C=O) groups is 3. The third kappa shape index (κ3) is 2.09. The lowest BCUT2D eigenvalue weighted by Gasteiger charge is -2.38. The topological polar surface area (TPSA) is 66.5 Å². The summed E-state index contributed by atoms with van der Waals surface area (Å²) in [6.07, 6.45) is 0.999. The fourth-order valence-electron chi connectivity index (χ4n) is 2.95. The molecule has 1 aromatic rings. The summed E-state index contributed by atoms with van der Waals surface area (Å²) in [5.41, 5.74) is -0.0601. The molecule has 0 aliphatic carbocycles. The maximum Gasteiger partial charge on any atom is 0.253 e. The van der Waals surface area contributed by atoms with Crippen LogP contribution in [0.4, 0.5) is 0 Å². The first-order valence-corrected chi connectivity index (χ1v) is 6.79. The molecule has 1 aromatic carbocycles. The predicted octanol–water partition coefficient (Wildman–Crippen LogP) is 0.750. The first kappa shape index (κ1) is 12.8. The van der Waals surface area contributed by atoms with Crippen LogP contribution in [0, 0.1) is 0 Å². The van der Waals surface area contributed by atoms with Gasteiger partial charge in [0.2, 0.25) is 5.91 Å². The zero-order chi connectivity index (χ0) is 14.2. The number of nitrogens with zero attached hydrogens (tertiary/aromatic N) is 1. The van der Waals surface area contributed by atoms with Gasteiger partial charge in [0.1, 0.15) is 5.54 Å². The van der Waals surface area contributed by atoms with Crippen molar-refractivity contribution in [1.29, 1.82) is 0 Å². The number of carbonyl (C=O) groups excluding carboxylic acids is 3. The predicted molar refractivity (Wildman–Crippen MR) is 72.1 cm³/mol. The standard InChI is InChI=1S/C15H16N2O3/c18-12-10-13(19)16-15(12)6-8-17(9-7-15)14(20)11-4-2-1-3-5-11/h1-5H,6-10H2,(H,16,19). The average Bonchev–Trinajstić information content (AvgIpc) is 2.74. The first-order valence-electron chi connectivity index (χ1n) is 6.79. The quantitative estimate of drug-likeness (QED) is 0.767. The molecule has 104 valence electrons. The Morgan fingerprint density at radius 1 is 1.10 bits per heavy atom. The summed E-state index contributed by atoms with van der Waals surface area (Å²) < 4.78 is 0. The molecular formula is C15H16N2O3. The molecule has 20 heavy (non-hydrogen) atoms. The minimum atomic E-state index is -0.718. The van der Waals surface area contributed by atoms with E-state index in [-0.39, 0.29) is 24.0 Å². The summed E-state index contributed by atoms with van der Waals surface area (Å²) in [4.78, 5) is 37.3. The maximum atomic E-state index is 12.3. The summed E-state index contributed by atoms with van der Waals surface area (Å²) in [6, 6.07) is 9.11. The number of nitrogens with one attached hydrogen (secondary N) is 1. The smallest absolute Gasteiger partial charge is 0.253 e. The fourth-order valence-corrected chi connectivity index (χ4v) is 2.95. The lowest BCUT2D eigenvalue weighted by molar-refractivity contribution is -0.124. The van der Waals surface area contributed by atoms with Crippen molar-refractivity contribution in [2.45, 2.75) is 24.8 Å². The van der Waals surface area contributed by atoms with Crippen LogP contribution < -0.4 is 5.32 Å². The van der Waals surface area contributed by atoms with Crippen molar-refractivity contribution in [3.05, 3.63) is 35.9 Å². The van der Waals surface area contributed by atoms with Gasteiger partial charge in [-0.25, -0.2) is 0 Å². The van der Waals surface area contributed by atoms with Gasteiger partial charge in [0, 0.05) is 18.7 Å². The van der Waals surface area contributed by atoms with Gasteiger partial charge in [-0.15, -0.1) is 0 Å². The number of hydrogen-bond donors (Lipinski definition) is 1. The van der Waals surface area contributed by atoms with Crippen LogP contribution in [-0.4, -0.2) is 41.1 Å². The summed E-state index contributed by atoms with van der Waals surface area (Å²) in [5, 5.41) is 2.79. The van der Waals surface area contributed by atoms with Crippen molar-refractivity contribution in [2.75, 3.05) is 13.1 Å². The molecule has 5 nitrogen and oxygen atoms in total. The van der Waals surface area contributed by atoms with Gasteiger partial charge in [-0.2, -0.15) is 0 Å². The third-order valence-electron chi connectivity index (χ3n) is 4.16. The highest BCUT2D eigenvalue weighted by atomic mass is 16.2. The normalized spacial score (nSPS) is 21.1. The second-order valence-corrected chi connectivity index (χ2v) is 5.39. The van der Waals surface area contributed by atoms with Crippen molar-refractivity contribution in [3.8, 4) is 0 Å². The molecule has 0 unspecified atom stereocenters. The molecule has 0 aromatic heterocycles. The van der Waals surface area contributed by atoms with Gasteiger partial charge in [-0.3, -0.25) is 14.4 Å². The number of piperidine rings is 1. The lowest BCUT2D eigenvalue weighted by Crippen LogP contribution is -2.55. The number of rotatable bonds is 1. The Morgan fingerprint density at radius 2 is 1.75 bits per heavy atom. The third-order valence-corrected chi connectivity index (χ3v) is 4.16. The van der Waals surface area contributed by atoms with Crippen LogP contribution in [0.15, 0.2) is 30.3 Å². The summed E-state index contributed by atoms with van der Waals surface area (Å²) in [7, 11) is 0. The van der Waals surface area contributed by atoms with Gasteiger partial charge in [0.25, 0.3) is 5.91 Å². The molecule has 2 saturated heterocycles. The molecular weight excluding hydrogens is 256 g/mol. The molecule has 5 heteroatoms. The molecule has 0 saturated carbocycles. The van der Waals surface area contributed by atoms with E-state index in [1.807, 2.05) is 18.2 Å². The Hall–Kier alpha value is -2.17. The molecule has 0 atom stereocenters. The van der Waals surface area contributed by atoms with Crippen molar-refractivity contribution < 1.29 is 14.4 Å². The van der Waals surface area contributed by atoms with Gasteiger partial charge in [-0.05, 0) is 25.0 Å². The number of hydrogen-bond acceptors (Lipinski definition) is 3. The zero-order valence-electron chi connectivity index (χ0n) is 11.1. The molecule has 3 rings (SSSR count). The van der Waals surface area contributed by atoms with Crippen molar-refractivity contribution in [3.63, 3.8) is 0 Å². The van der Waals surface area contributed by atoms with Gasteiger partial charge < -0.3 is 10.2 Å². The zero-order valence-corrected chi connectivity index (χ0v) is 11.1. The van der Waals surface area contributed by atoms with Crippen molar-refractivity contribution >= 4 is 17.6 Å². The summed E-state index contributed by atoms with van der Waals surface area (Å²) >= 11 is 0. The van der Waals surface area contributed by atoms with E-state index >= 15 is 0 Å². The van der Waals surface area contributed by atoms with Gasteiger partial charge in [0.15, 0.2) is 5.78 Å². The number of Topliss-reactive ketones (excluding diaryl/α,β-unsaturated/α-hetero) is 1. The molecule has 1 spiro atoms. The Labute approximate surface area is 116 Å². The van der Waals surface area contributed by atoms with Crippen LogP contribution >= 0.6 is 0 Å². The molecule has 2 amide bonds. The molecule has 2 heterocycles. The van der Waals surface area contributed by atoms with E-state index in [1.54, 1.807) is 17.0 Å². The summed E-state index contributed by atoms with van der Waals surface area (Å²) in [6.45, 7) is 0.999. The summed E-state index contributed by atoms with van der Waals surface area (Å²) in [5.74, 6) is -0.246. The Kier molecular flexibility index (Phi) is 3.04. The van der Waals surface area contributed by atoms with Crippen LogP contribution in [0.25, 0.3) is 0 Å². The Morgan fingerprint density at radius 3 is 2.30 bits per heavy atom. The fraction of sp³-hybridized carbons (Fsp3) is 0.400. The maximum absolute atomic E-state index is 12.3. The van der Waals surface area contributed by atoms with Crippen LogP contribution in [0.3, 0.4) is 0 Å². The highest BCUT2D eigenvalue weighted by Gasteiger charge is 2.47. The minimum Gasteiger partial charge on any atom is -0.343 e. The van der Waals surface area contributed by atoms with Crippen LogP contribution in [-0.2, 0) is 9.59 Å². The largest absolute Gasteiger partial charge is 0.343 e. The number of amides is 2. The highest BCUT2D eigenvalue weighted by Crippen LogP contribution is 2.29. The molecule has 0 bridgehead atoms. The van der Waals surface area contributed by atoms with E-state index in [9.17, 15) is 14.4 Å². The van der Waals surface area contributed by atoms with Gasteiger partial charge in [0.05, 0.1) is 6.42 Å². The Bertz CT molecular complexity index is 560. The first-order chi connectivity index (χ1) is 9.61. The Balaban J connectivity index is 1.69. The molecule has 2 aliphatic heterocycles. The minimum absolute atomic E-state index is 0.0165. The number of benzene rings is 1.